The van der Waals surface area contributed by atoms with Crippen molar-refractivity contribution in [1.29, 1.82) is 0 Å². The zero-order chi connectivity index (χ0) is 13.7. The van der Waals surface area contributed by atoms with Gasteiger partial charge in [0.1, 0.15) is 5.75 Å². The molecule has 0 unspecified atom stereocenters. The minimum absolute atomic E-state index is 0.815. The van der Waals surface area contributed by atoms with Crippen molar-refractivity contribution >= 4 is 21.6 Å². The molecule has 2 rings (SSSR count). The summed E-state index contributed by atoms with van der Waals surface area (Å²) in [4.78, 5) is 0. The molecule has 0 radical (unpaired) electrons. The van der Waals surface area contributed by atoms with Crippen LogP contribution in [0.4, 0.5) is 5.69 Å². The Balaban J connectivity index is 2.14. The highest BCUT2D eigenvalue weighted by Crippen LogP contribution is 2.27. The fraction of sp³-hybridized carbons (Fsp3) is 0.250. The largest absolute Gasteiger partial charge is 0.497 e. The molecular formula is C16H18BrNO. The molecule has 0 atom stereocenters. The van der Waals surface area contributed by atoms with Crippen molar-refractivity contribution in [3.05, 3.63) is 58.1 Å². The first-order chi connectivity index (χ1) is 9.24. The highest BCUT2D eigenvalue weighted by molar-refractivity contribution is 9.10. The SMILES string of the molecule is CCc1ccccc1CNc1cc(OC)ccc1Br. The molecule has 0 bridgehead atoms. The van der Waals surface area contributed by atoms with E-state index in [2.05, 4.69) is 52.4 Å². The number of nitrogens with one attached hydrogen (secondary N) is 1. The van der Waals surface area contributed by atoms with Gasteiger partial charge in [-0.15, -0.1) is 0 Å². The van der Waals surface area contributed by atoms with E-state index in [9.17, 15) is 0 Å². The summed E-state index contributed by atoms with van der Waals surface area (Å²) in [5, 5.41) is 3.45. The van der Waals surface area contributed by atoms with E-state index in [1.807, 2.05) is 18.2 Å². The van der Waals surface area contributed by atoms with E-state index in [1.165, 1.54) is 11.1 Å². The maximum absolute atomic E-state index is 5.25. The number of hydrogen-bond acceptors (Lipinski definition) is 2. The Kier molecular flexibility index (Phi) is 4.86. The van der Waals surface area contributed by atoms with Gasteiger partial charge in [-0.2, -0.15) is 0 Å². The number of anilines is 1. The van der Waals surface area contributed by atoms with Crippen LogP contribution >= 0.6 is 15.9 Å². The third-order valence-corrected chi connectivity index (χ3v) is 3.83. The van der Waals surface area contributed by atoms with Crippen molar-refractivity contribution in [2.24, 2.45) is 0 Å². The molecule has 1 N–H and O–H groups in total. The summed E-state index contributed by atoms with van der Waals surface area (Å²) in [5.41, 5.74) is 3.76. The number of hydrogen-bond donors (Lipinski definition) is 1. The predicted molar refractivity (Wildman–Crippen MR) is 83.8 cm³/mol. The first kappa shape index (κ1) is 13.9. The Morgan fingerprint density at radius 2 is 1.84 bits per heavy atom. The highest BCUT2D eigenvalue weighted by atomic mass is 79.9. The van der Waals surface area contributed by atoms with E-state index in [-0.39, 0.29) is 0 Å². The summed E-state index contributed by atoms with van der Waals surface area (Å²) >= 11 is 3.55. The van der Waals surface area contributed by atoms with Crippen LogP contribution in [0, 0.1) is 0 Å². The molecule has 0 aliphatic carbocycles. The summed E-state index contributed by atoms with van der Waals surface area (Å²) in [6.07, 6.45) is 1.05. The van der Waals surface area contributed by atoms with E-state index in [0.717, 1.165) is 28.9 Å². The Morgan fingerprint density at radius 1 is 1.11 bits per heavy atom. The number of ether oxygens (including phenoxy) is 1. The summed E-state index contributed by atoms with van der Waals surface area (Å²) in [6.45, 7) is 3.00. The van der Waals surface area contributed by atoms with Crippen molar-refractivity contribution in [2.45, 2.75) is 19.9 Å². The molecule has 2 aromatic carbocycles. The average Bonchev–Trinajstić information content (AvgIpc) is 2.46. The van der Waals surface area contributed by atoms with Gasteiger partial charge in [0.25, 0.3) is 0 Å². The van der Waals surface area contributed by atoms with Crippen molar-refractivity contribution in [3.8, 4) is 5.75 Å². The molecule has 3 heteroatoms. The summed E-state index contributed by atoms with van der Waals surface area (Å²) in [7, 11) is 1.68. The zero-order valence-electron chi connectivity index (χ0n) is 11.2. The lowest BCUT2D eigenvalue weighted by Gasteiger charge is -2.12. The molecule has 100 valence electrons. The van der Waals surface area contributed by atoms with Gasteiger partial charge >= 0.3 is 0 Å². The van der Waals surface area contributed by atoms with Gasteiger partial charge in [-0.25, -0.2) is 0 Å². The van der Waals surface area contributed by atoms with Gasteiger partial charge in [-0.3, -0.25) is 0 Å². The van der Waals surface area contributed by atoms with Gasteiger partial charge in [-0.05, 0) is 45.6 Å². The van der Waals surface area contributed by atoms with Crippen LogP contribution in [0.1, 0.15) is 18.1 Å². The Labute approximate surface area is 122 Å². The molecule has 2 nitrogen and oxygen atoms in total. The van der Waals surface area contributed by atoms with Gasteiger partial charge in [0.05, 0.1) is 12.8 Å². The van der Waals surface area contributed by atoms with Gasteiger partial charge in [0, 0.05) is 17.1 Å². The molecule has 0 amide bonds. The van der Waals surface area contributed by atoms with Gasteiger partial charge < -0.3 is 10.1 Å². The van der Waals surface area contributed by atoms with E-state index in [1.54, 1.807) is 7.11 Å². The predicted octanol–water partition coefficient (Wildman–Crippen LogP) is 4.63. The minimum Gasteiger partial charge on any atom is -0.497 e. The fourth-order valence-corrected chi connectivity index (χ4v) is 2.42. The minimum atomic E-state index is 0.815. The molecule has 0 saturated carbocycles. The maximum Gasteiger partial charge on any atom is 0.121 e. The number of benzene rings is 2. The number of aryl methyl sites for hydroxylation is 1. The smallest absolute Gasteiger partial charge is 0.121 e. The topological polar surface area (TPSA) is 21.3 Å². The number of methoxy groups -OCH3 is 1. The molecule has 0 saturated heterocycles. The summed E-state index contributed by atoms with van der Waals surface area (Å²) in [5.74, 6) is 0.856. The Morgan fingerprint density at radius 3 is 2.53 bits per heavy atom. The van der Waals surface area contributed by atoms with Crippen LogP contribution in [0.3, 0.4) is 0 Å². The van der Waals surface area contributed by atoms with Crippen LogP contribution in [-0.2, 0) is 13.0 Å². The van der Waals surface area contributed by atoms with Gasteiger partial charge in [0.2, 0.25) is 0 Å². The van der Waals surface area contributed by atoms with E-state index < -0.39 is 0 Å². The fourth-order valence-electron chi connectivity index (χ4n) is 2.03. The molecule has 0 fully saturated rings. The average molecular weight is 320 g/mol. The van der Waals surface area contributed by atoms with Crippen LogP contribution in [0.25, 0.3) is 0 Å². The molecule has 19 heavy (non-hydrogen) atoms. The zero-order valence-corrected chi connectivity index (χ0v) is 12.8. The summed E-state index contributed by atoms with van der Waals surface area (Å²) in [6, 6.07) is 14.4. The number of halogens is 1. The van der Waals surface area contributed by atoms with E-state index in [4.69, 9.17) is 4.74 Å². The molecule has 0 aromatic heterocycles. The summed E-state index contributed by atoms with van der Waals surface area (Å²) < 4.78 is 6.29. The van der Waals surface area contributed by atoms with Crippen molar-refractivity contribution in [3.63, 3.8) is 0 Å². The molecule has 0 spiro atoms. The maximum atomic E-state index is 5.25. The van der Waals surface area contributed by atoms with Crippen molar-refractivity contribution in [1.82, 2.24) is 0 Å². The normalized spacial score (nSPS) is 10.3. The first-order valence-electron chi connectivity index (χ1n) is 6.38. The molecule has 0 aliphatic heterocycles. The van der Waals surface area contributed by atoms with Crippen LogP contribution in [0.5, 0.6) is 5.75 Å². The van der Waals surface area contributed by atoms with E-state index >= 15 is 0 Å². The molecule has 0 heterocycles. The third kappa shape index (κ3) is 3.51. The Bertz CT molecular complexity index is 554. The van der Waals surface area contributed by atoms with Crippen LogP contribution in [0.2, 0.25) is 0 Å². The second-order valence-corrected chi connectivity index (χ2v) is 5.18. The molecule has 0 aliphatic rings. The second-order valence-electron chi connectivity index (χ2n) is 4.32. The van der Waals surface area contributed by atoms with E-state index in [0.29, 0.717) is 0 Å². The van der Waals surface area contributed by atoms with Crippen LogP contribution < -0.4 is 10.1 Å². The van der Waals surface area contributed by atoms with Crippen LogP contribution in [-0.4, -0.2) is 7.11 Å². The standard InChI is InChI=1S/C16H18BrNO/c1-3-12-6-4-5-7-13(12)11-18-16-10-14(19-2)8-9-15(16)17/h4-10,18H,3,11H2,1-2H3. The monoisotopic (exact) mass is 319 g/mol. The molecule has 2 aromatic rings. The lowest BCUT2D eigenvalue weighted by Crippen LogP contribution is -2.03. The van der Waals surface area contributed by atoms with Gasteiger partial charge in [-0.1, -0.05) is 31.2 Å². The lowest BCUT2D eigenvalue weighted by molar-refractivity contribution is 0.415. The number of rotatable bonds is 5. The third-order valence-electron chi connectivity index (χ3n) is 3.14. The Hall–Kier alpha value is -1.48. The second kappa shape index (κ2) is 6.62. The van der Waals surface area contributed by atoms with Crippen molar-refractivity contribution in [2.75, 3.05) is 12.4 Å². The molecular weight excluding hydrogens is 302 g/mol. The first-order valence-corrected chi connectivity index (χ1v) is 7.18. The lowest BCUT2D eigenvalue weighted by atomic mass is 10.1. The highest BCUT2D eigenvalue weighted by Gasteiger charge is 2.04. The van der Waals surface area contributed by atoms with Gasteiger partial charge in [0.15, 0.2) is 0 Å². The van der Waals surface area contributed by atoms with Crippen molar-refractivity contribution < 1.29 is 4.74 Å². The van der Waals surface area contributed by atoms with Crippen LogP contribution in [0.15, 0.2) is 46.9 Å². The quantitative estimate of drug-likeness (QED) is 0.867.